The van der Waals surface area contributed by atoms with Crippen LogP contribution < -0.4 is 5.56 Å². The molecule has 5 nitrogen and oxygen atoms in total. The number of hydrogen-bond donors (Lipinski definition) is 2. The third-order valence-electron chi connectivity index (χ3n) is 2.26. The van der Waals surface area contributed by atoms with Gasteiger partial charge in [0.25, 0.3) is 5.56 Å². The molecule has 0 aliphatic rings. The fourth-order valence-corrected chi connectivity index (χ4v) is 1.60. The maximum Gasteiger partial charge on any atom is 0.260 e. The van der Waals surface area contributed by atoms with Crippen LogP contribution in [0.1, 0.15) is 0 Å². The predicted octanol–water partition coefficient (Wildman–Crippen LogP) is 1.51. The minimum absolute atomic E-state index is 0.173. The predicted molar refractivity (Wildman–Crippen MR) is 54.4 cm³/mol. The molecule has 0 fully saturated rings. The molecule has 0 saturated carbocycles. The van der Waals surface area contributed by atoms with Crippen LogP contribution in [0.2, 0.25) is 0 Å². The highest BCUT2D eigenvalue weighted by atomic mass is 16.3. The Balaban J connectivity index is 2.43. The molecule has 0 amide bonds. The molecule has 0 aliphatic heterocycles. The van der Waals surface area contributed by atoms with Crippen molar-refractivity contribution in [1.82, 2.24) is 15.0 Å². The van der Waals surface area contributed by atoms with E-state index in [2.05, 4.69) is 15.0 Å². The van der Waals surface area contributed by atoms with E-state index in [-0.39, 0.29) is 5.56 Å². The van der Waals surface area contributed by atoms with Crippen molar-refractivity contribution in [3.05, 3.63) is 41.3 Å². The third kappa shape index (κ3) is 1.10. The van der Waals surface area contributed by atoms with Gasteiger partial charge in [0.2, 0.25) is 0 Å². The number of furan rings is 1. The maximum absolute atomic E-state index is 11.6. The van der Waals surface area contributed by atoms with Crippen LogP contribution in [-0.4, -0.2) is 15.0 Å². The van der Waals surface area contributed by atoms with Crippen LogP contribution >= 0.6 is 0 Å². The lowest BCUT2D eigenvalue weighted by molar-refractivity contribution is 0.583. The quantitative estimate of drug-likeness (QED) is 0.626. The molecule has 3 aromatic heterocycles. The Morgan fingerprint density at radius 3 is 3.07 bits per heavy atom. The lowest BCUT2D eigenvalue weighted by Crippen LogP contribution is -2.05. The van der Waals surface area contributed by atoms with Gasteiger partial charge in [-0.15, -0.1) is 0 Å². The second-order valence-corrected chi connectivity index (χ2v) is 3.13. The number of nitrogens with one attached hydrogen (secondary N) is 2. The highest BCUT2D eigenvalue weighted by molar-refractivity contribution is 5.91. The SMILES string of the molecule is O=c1[nH]cnc2[nH]cc(-c3ccco3)c12. The molecule has 5 heteroatoms. The van der Waals surface area contributed by atoms with Gasteiger partial charge in [-0.2, -0.15) is 0 Å². The van der Waals surface area contributed by atoms with Gasteiger partial charge in [-0.3, -0.25) is 4.79 Å². The molecule has 0 bridgehead atoms. The number of aromatic amines is 2. The van der Waals surface area contributed by atoms with Gasteiger partial charge in [0.1, 0.15) is 11.4 Å². The van der Waals surface area contributed by atoms with Crippen molar-refractivity contribution in [2.45, 2.75) is 0 Å². The molecule has 0 radical (unpaired) electrons. The van der Waals surface area contributed by atoms with E-state index in [9.17, 15) is 4.79 Å². The zero-order valence-electron chi connectivity index (χ0n) is 7.65. The Hall–Kier alpha value is -2.30. The first-order valence-corrected chi connectivity index (χ1v) is 4.45. The largest absolute Gasteiger partial charge is 0.464 e. The van der Waals surface area contributed by atoms with Gasteiger partial charge in [0.05, 0.1) is 18.0 Å². The molecule has 0 atom stereocenters. The molecule has 15 heavy (non-hydrogen) atoms. The Morgan fingerprint density at radius 1 is 1.33 bits per heavy atom. The summed E-state index contributed by atoms with van der Waals surface area (Å²) in [5.74, 6) is 0.653. The summed E-state index contributed by atoms with van der Waals surface area (Å²) in [6, 6.07) is 3.58. The standard InChI is InChI=1S/C10H7N3O2/c14-10-8-6(7-2-1-3-15-7)4-11-9(8)12-5-13-10/h1-5H,(H2,11,12,13,14). The fraction of sp³-hybridized carbons (Fsp3) is 0. The van der Waals surface area contributed by atoms with Gasteiger partial charge >= 0.3 is 0 Å². The van der Waals surface area contributed by atoms with Crippen molar-refractivity contribution >= 4 is 11.0 Å². The average Bonchev–Trinajstić information content (AvgIpc) is 2.85. The van der Waals surface area contributed by atoms with E-state index < -0.39 is 0 Å². The Bertz CT molecular complexity index is 649. The molecule has 3 rings (SSSR count). The second-order valence-electron chi connectivity index (χ2n) is 3.13. The molecule has 0 saturated heterocycles. The summed E-state index contributed by atoms with van der Waals surface area (Å²) in [5, 5.41) is 0.521. The number of rotatable bonds is 1. The molecule has 2 N–H and O–H groups in total. The van der Waals surface area contributed by atoms with Crippen LogP contribution in [0.4, 0.5) is 0 Å². The van der Waals surface area contributed by atoms with Gasteiger partial charge in [-0.1, -0.05) is 0 Å². The maximum atomic E-state index is 11.6. The molecule has 0 spiro atoms. The van der Waals surface area contributed by atoms with Crippen molar-refractivity contribution in [1.29, 1.82) is 0 Å². The summed E-state index contributed by atoms with van der Waals surface area (Å²) in [4.78, 5) is 21.1. The first-order valence-electron chi connectivity index (χ1n) is 4.45. The van der Waals surface area contributed by atoms with Gasteiger partial charge in [0.15, 0.2) is 0 Å². The summed E-state index contributed by atoms with van der Waals surface area (Å²) in [7, 11) is 0. The van der Waals surface area contributed by atoms with Crippen LogP contribution in [0.3, 0.4) is 0 Å². The van der Waals surface area contributed by atoms with Crippen LogP contribution in [-0.2, 0) is 0 Å². The zero-order chi connectivity index (χ0) is 10.3. The molecule has 3 aromatic rings. The summed E-state index contributed by atoms with van der Waals surface area (Å²) in [5.41, 5.74) is 1.11. The van der Waals surface area contributed by atoms with Crippen molar-refractivity contribution in [2.75, 3.05) is 0 Å². The first kappa shape index (κ1) is 8.05. The van der Waals surface area contributed by atoms with E-state index >= 15 is 0 Å². The van der Waals surface area contributed by atoms with Gasteiger partial charge in [0, 0.05) is 11.8 Å². The number of H-pyrrole nitrogens is 2. The van der Waals surface area contributed by atoms with Crippen LogP contribution in [0.5, 0.6) is 0 Å². The third-order valence-corrected chi connectivity index (χ3v) is 2.26. The van der Waals surface area contributed by atoms with E-state index in [0.29, 0.717) is 16.8 Å². The summed E-state index contributed by atoms with van der Waals surface area (Å²) in [6.45, 7) is 0. The molecule has 0 unspecified atom stereocenters. The number of nitrogens with zero attached hydrogens (tertiary/aromatic N) is 1. The Labute approximate surface area is 83.8 Å². The lowest BCUT2D eigenvalue weighted by atomic mass is 10.2. The van der Waals surface area contributed by atoms with Crippen molar-refractivity contribution < 1.29 is 4.42 Å². The number of fused-ring (bicyclic) bond motifs is 1. The van der Waals surface area contributed by atoms with Crippen LogP contribution in [0, 0.1) is 0 Å². The van der Waals surface area contributed by atoms with E-state index in [0.717, 1.165) is 5.56 Å². The minimum Gasteiger partial charge on any atom is -0.464 e. The molecular formula is C10H7N3O2. The summed E-state index contributed by atoms with van der Waals surface area (Å²) in [6.07, 6.45) is 4.65. The average molecular weight is 201 g/mol. The van der Waals surface area contributed by atoms with E-state index in [1.165, 1.54) is 6.33 Å². The van der Waals surface area contributed by atoms with Gasteiger partial charge in [-0.05, 0) is 12.1 Å². The second kappa shape index (κ2) is 2.84. The van der Waals surface area contributed by atoms with Crippen LogP contribution in [0.25, 0.3) is 22.4 Å². The Morgan fingerprint density at radius 2 is 2.27 bits per heavy atom. The number of hydrogen-bond acceptors (Lipinski definition) is 3. The lowest BCUT2D eigenvalue weighted by Gasteiger charge is -1.91. The molecule has 0 aliphatic carbocycles. The van der Waals surface area contributed by atoms with E-state index in [4.69, 9.17) is 4.42 Å². The van der Waals surface area contributed by atoms with Gasteiger partial charge in [-0.25, -0.2) is 4.98 Å². The minimum atomic E-state index is -0.173. The Kier molecular flexibility index (Phi) is 1.53. The van der Waals surface area contributed by atoms with Crippen LogP contribution in [0.15, 0.2) is 40.1 Å². The first-order chi connectivity index (χ1) is 7.36. The summed E-state index contributed by atoms with van der Waals surface area (Å²) >= 11 is 0. The smallest absolute Gasteiger partial charge is 0.260 e. The molecule has 3 heterocycles. The number of aromatic nitrogens is 3. The van der Waals surface area contributed by atoms with Gasteiger partial charge < -0.3 is 14.4 Å². The normalized spacial score (nSPS) is 10.9. The van der Waals surface area contributed by atoms with E-state index in [1.54, 1.807) is 24.6 Å². The summed E-state index contributed by atoms with van der Waals surface area (Å²) < 4.78 is 5.24. The molecule has 74 valence electrons. The molecule has 0 aromatic carbocycles. The van der Waals surface area contributed by atoms with Crippen molar-refractivity contribution in [3.63, 3.8) is 0 Å². The highest BCUT2D eigenvalue weighted by Gasteiger charge is 2.11. The van der Waals surface area contributed by atoms with Crippen molar-refractivity contribution in [3.8, 4) is 11.3 Å². The fourth-order valence-electron chi connectivity index (χ4n) is 1.60. The van der Waals surface area contributed by atoms with Crippen molar-refractivity contribution in [2.24, 2.45) is 0 Å². The molecular weight excluding hydrogens is 194 g/mol. The zero-order valence-corrected chi connectivity index (χ0v) is 7.65. The highest BCUT2D eigenvalue weighted by Crippen LogP contribution is 2.24. The monoisotopic (exact) mass is 201 g/mol. The topological polar surface area (TPSA) is 74.7 Å². The van der Waals surface area contributed by atoms with E-state index in [1.807, 2.05) is 0 Å².